The molecule has 0 heterocycles. The highest BCUT2D eigenvalue weighted by atomic mass is 35.5. The lowest BCUT2D eigenvalue weighted by atomic mass is 9.33. The maximum atomic E-state index is 12.7. The van der Waals surface area contributed by atoms with Crippen LogP contribution in [-0.4, -0.2) is 24.5 Å². The van der Waals surface area contributed by atoms with E-state index in [1.807, 2.05) is 6.92 Å². The van der Waals surface area contributed by atoms with Gasteiger partial charge < -0.3 is 9.47 Å². The second kappa shape index (κ2) is 8.67. The highest BCUT2D eigenvalue weighted by molar-refractivity contribution is 6.31. The molecule has 3 aliphatic rings. The number of hydrogen-bond acceptors (Lipinski definition) is 4. The van der Waals surface area contributed by atoms with Crippen molar-refractivity contribution in [3.05, 3.63) is 58.6 Å². The summed E-state index contributed by atoms with van der Waals surface area (Å²) in [5, 5.41) is 0.639. The highest BCUT2D eigenvalue weighted by Crippen LogP contribution is 2.75. The van der Waals surface area contributed by atoms with Crippen LogP contribution in [0.3, 0.4) is 0 Å². The molecule has 0 N–H and O–H groups in total. The third-order valence-electron chi connectivity index (χ3n) is 6.61. The Morgan fingerprint density at radius 3 is 2.45 bits per heavy atom. The van der Waals surface area contributed by atoms with Crippen LogP contribution in [0.2, 0.25) is 5.02 Å². The van der Waals surface area contributed by atoms with Crippen LogP contribution >= 0.6 is 11.6 Å². The highest BCUT2D eigenvalue weighted by Gasteiger charge is 2.70. The van der Waals surface area contributed by atoms with E-state index in [9.17, 15) is 22.8 Å². The first-order valence-corrected chi connectivity index (χ1v) is 11.1. The normalized spacial score (nSPS) is 23.3. The smallest absolute Gasteiger partial charge is 0.486 e. The van der Waals surface area contributed by atoms with E-state index in [4.69, 9.17) is 16.3 Å². The van der Waals surface area contributed by atoms with Crippen molar-refractivity contribution in [1.29, 1.82) is 0 Å². The van der Waals surface area contributed by atoms with E-state index in [0.29, 0.717) is 48.4 Å². The molecule has 3 aliphatic carbocycles. The molecule has 8 heteroatoms. The first kappa shape index (κ1) is 23.6. The summed E-state index contributed by atoms with van der Waals surface area (Å²) in [6.07, 6.45) is -1.64. The quantitative estimate of drug-likeness (QED) is 0.403. The topological polar surface area (TPSA) is 52.6 Å². The van der Waals surface area contributed by atoms with Crippen LogP contribution in [-0.2, 0) is 16.0 Å². The van der Waals surface area contributed by atoms with Crippen LogP contribution < -0.4 is 9.47 Å². The van der Waals surface area contributed by atoms with Crippen molar-refractivity contribution in [3.63, 3.8) is 0 Å². The molecule has 33 heavy (non-hydrogen) atoms. The van der Waals surface area contributed by atoms with Crippen molar-refractivity contribution >= 4 is 23.2 Å². The van der Waals surface area contributed by atoms with Crippen molar-refractivity contribution in [1.82, 2.24) is 0 Å². The molecule has 0 radical (unpaired) electrons. The summed E-state index contributed by atoms with van der Waals surface area (Å²) in [5.41, 5.74) is 1.03. The van der Waals surface area contributed by atoms with Crippen LogP contribution in [0.1, 0.15) is 43.2 Å². The van der Waals surface area contributed by atoms with Crippen molar-refractivity contribution in [2.24, 2.45) is 10.8 Å². The van der Waals surface area contributed by atoms with Crippen LogP contribution in [0.4, 0.5) is 13.2 Å². The second-order valence-electron chi connectivity index (χ2n) is 9.34. The van der Waals surface area contributed by atoms with Gasteiger partial charge in [0, 0.05) is 23.3 Å². The first-order chi connectivity index (χ1) is 15.5. The molecule has 4 nitrogen and oxygen atoms in total. The maximum Gasteiger partial charge on any atom is 0.573 e. The number of alkyl halides is 3. The zero-order valence-electron chi connectivity index (χ0n) is 18.1. The largest absolute Gasteiger partial charge is 0.573 e. The molecular formula is C25H24ClF3O4. The summed E-state index contributed by atoms with van der Waals surface area (Å²) in [5.74, 6) is 0.433. The van der Waals surface area contributed by atoms with Gasteiger partial charge in [0.1, 0.15) is 23.9 Å². The van der Waals surface area contributed by atoms with Crippen LogP contribution in [0.5, 0.6) is 11.5 Å². The minimum absolute atomic E-state index is 0.00447. The number of benzene rings is 2. The van der Waals surface area contributed by atoms with E-state index in [1.165, 1.54) is 18.2 Å². The van der Waals surface area contributed by atoms with E-state index < -0.39 is 6.36 Å². The molecule has 0 unspecified atom stereocenters. The lowest BCUT2D eigenvalue weighted by molar-refractivity contribution is -0.274. The molecule has 0 saturated heterocycles. The summed E-state index contributed by atoms with van der Waals surface area (Å²) in [4.78, 5) is 25.1. The van der Waals surface area contributed by atoms with Gasteiger partial charge >= 0.3 is 6.36 Å². The number of rotatable bonds is 10. The molecular weight excluding hydrogens is 457 g/mol. The average molecular weight is 481 g/mol. The Labute approximate surface area is 195 Å². The number of halogens is 4. The fourth-order valence-corrected chi connectivity index (χ4v) is 5.36. The third kappa shape index (κ3) is 5.35. The fourth-order valence-electron chi connectivity index (χ4n) is 5.24. The Kier molecular flexibility index (Phi) is 6.20. The SMILES string of the molecule is Cc1cc(OCC(=O)CC23CC(C(=O)CCc4cccc(OC(F)(F)F)c4)(C2)C3)ccc1Cl. The van der Waals surface area contributed by atoms with Crippen LogP contribution in [0.25, 0.3) is 0 Å². The van der Waals surface area contributed by atoms with Gasteiger partial charge in [-0.25, -0.2) is 0 Å². The molecule has 0 atom stereocenters. The molecule has 0 aromatic heterocycles. The van der Waals surface area contributed by atoms with Crippen LogP contribution in [0.15, 0.2) is 42.5 Å². The Morgan fingerprint density at radius 2 is 1.79 bits per heavy atom. The Morgan fingerprint density at radius 1 is 1.06 bits per heavy atom. The standard InChI is InChI=1S/C25H24ClF3O4/c1-16-9-19(6-7-21(16)26)32-12-18(30)11-23-13-24(14-23,15-23)22(31)8-5-17-3-2-4-20(10-17)33-25(27,28)29/h2-4,6-7,9-10H,5,8,11-15H2,1H3. The Hall–Kier alpha value is -2.54. The summed E-state index contributed by atoms with van der Waals surface area (Å²) in [7, 11) is 0. The van der Waals surface area contributed by atoms with E-state index in [-0.39, 0.29) is 41.2 Å². The Bertz CT molecular complexity index is 1060. The Balaban J connectivity index is 1.21. The average Bonchev–Trinajstić information content (AvgIpc) is 2.67. The molecule has 5 rings (SSSR count). The number of Topliss-reactive ketones (excluding diaryl/α,β-unsaturated/α-hetero) is 2. The lowest BCUT2D eigenvalue weighted by Gasteiger charge is -2.70. The summed E-state index contributed by atoms with van der Waals surface area (Å²) >= 11 is 5.99. The molecule has 2 aromatic rings. The van der Waals surface area contributed by atoms with Crippen molar-refractivity contribution < 1.29 is 32.2 Å². The number of ketones is 2. The molecule has 0 aliphatic heterocycles. The number of carbonyl (C=O) groups is 2. The van der Waals surface area contributed by atoms with Gasteiger partial charge in [0.05, 0.1) is 0 Å². The van der Waals surface area contributed by atoms with Gasteiger partial charge in [0.2, 0.25) is 0 Å². The summed E-state index contributed by atoms with van der Waals surface area (Å²) in [6, 6.07) is 10.9. The minimum atomic E-state index is -4.75. The van der Waals surface area contributed by atoms with E-state index in [0.717, 1.165) is 5.56 Å². The predicted octanol–water partition coefficient (Wildman–Crippen LogP) is 6.26. The number of aryl methyl sites for hydroxylation is 2. The van der Waals surface area contributed by atoms with Crippen molar-refractivity contribution in [2.75, 3.05) is 6.61 Å². The van der Waals surface area contributed by atoms with Gasteiger partial charge in [-0.2, -0.15) is 0 Å². The summed E-state index contributed by atoms with van der Waals surface area (Å²) < 4.78 is 46.7. The van der Waals surface area contributed by atoms with Gasteiger partial charge in [-0.1, -0.05) is 23.7 Å². The van der Waals surface area contributed by atoms with Crippen LogP contribution in [0, 0.1) is 17.8 Å². The molecule has 0 spiro atoms. The zero-order chi connectivity index (χ0) is 23.9. The molecule has 176 valence electrons. The van der Waals surface area contributed by atoms with E-state index in [1.54, 1.807) is 24.3 Å². The van der Waals surface area contributed by atoms with E-state index >= 15 is 0 Å². The predicted molar refractivity (Wildman–Crippen MR) is 116 cm³/mol. The van der Waals surface area contributed by atoms with Gasteiger partial charge in [-0.15, -0.1) is 13.2 Å². The second-order valence-corrected chi connectivity index (χ2v) is 9.75. The van der Waals surface area contributed by atoms with Gasteiger partial charge in [0.15, 0.2) is 5.78 Å². The fraction of sp³-hybridized carbons (Fsp3) is 0.440. The lowest BCUT2D eigenvalue weighted by Crippen LogP contribution is -2.65. The van der Waals surface area contributed by atoms with Gasteiger partial charge in [-0.05, 0) is 79.5 Å². The van der Waals surface area contributed by atoms with Gasteiger partial charge in [-0.3, -0.25) is 9.59 Å². The van der Waals surface area contributed by atoms with E-state index in [2.05, 4.69) is 4.74 Å². The van der Waals surface area contributed by atoms with Crippen molar-refractivity contribution in [3.8, 4) is 11.5 Å². The first-order valence-electron chi connectivity index (χ1n) is 10.8. The number of ether oxygens (including phenoxy) is 2. The maximum absolute atomic E-state index is 12.7. The number of carbonyl (C=O) groups excluding carboxylic acids is 2. The monoisotopic (exact) mass is 480 g/mol. The molecule has 3 fully saturated rings. The van der Waals surface area contributed by atoms with Gasteiger partial charge in [0.25, 0.3) is 0 Å². The van der Waals surface area contributed by atoms with Crippen molar-refractivity contribution in [2.45, 2.75) is 51.8 Å². The summed E-state index contributed by atoms with van der Waals surface area (Å²) in [6.45, 7) is 1.85. The molecule has 0 amide bonds. The number of hydrogen-bond donors (Lipinski definition) is 0. The minimum Gasteiger partial charge on any atom is -0.486 e. The molecule has 3 saturated carbocycles. The third-order valence-corrected chi connectivity index (χ3v) is 7.03. The molecule has 2 bridgehead atoms. The molecule has 2 aromatic carbocycles. The zero-order valence-corrected chi connectivity index (χ0v) is 18.9.